The summed E-state index contributed by atoms with van der Waals surface area (Å²) in [6.07, 6.45) is 6.04. The van der Waals surface area contributed by atoms with Crippen molar-refractivity contribution in [3.63, 3.8) is 0 Å². The summed E-state index contributed by atoms with van der Waals surface area (Å²) in [7, 11) is 0. The van der Waals surface area contributed by atoms with Gasteiger partial charge in [-0.2, -0.15) is 0 Å². The average molecular weight is 520 g/mol. The van der Waals surface area contributed by atoms with Crippen LogP contribution >= 0.6 is 0 Å². The van der Waals surface area contributed by atoms with Crippen LogP contribution in [0.1, 0.15) is 97.6 Å². The summed E-state index contributed by atoms with van der Waals surface area (Å²) in [6, 6.07) is 4.13. The number of Topliss-reactive ketones (excluding diaryl/α,β-unsaturated/α-hetero) is 2. The lowest BCUT2D eigenvalue weighted by Crippen LogP contribution is -2.44. The van der Waals surface area contributed by atoms with Crippen LogP contribution in [0.5, 0.6) is 11.5 Å². The van der Waals surface area contributed by atoms with E-state index in [1.165, 1.54) is 0 Å². The molecule has 1 heterocycles. The molecule has 0 radical (unpaired) electrons. The van der Waals surface area contributed by atoms with Crippen molar-refractivity contribution in [2.24, 2.45) is 10.8 Å². The summed E-state index contributed by atoms with van der Waals surface area (Å²) in [5.41, 5.74) is 5.49. The maximum Gasteiger partial charge on any atom is 0.164 e. The summed E-state index contributed by atoms with van der Waals surface area (Å²) in [5, 5.41) is 0. The Morgan fingerprint density at radius 1 is 0.895 bits per heavy atom. The molecule has 0 spiro atoms. The standard InChI is InChI=1S/C33H45NO4/c1-9-13-21-15-22(16-27(37-11-3)31(21)38-12-4)28-29-23(17-32(5,6)19-25(29)35)34(14-10-2)24-18-33(7,8)20-26(36)30(24)28/h9,15-16,28H,1,10-14,17-20H2,2-8H3. The highest BCUT2D eigenvalue weighted by molar-refractivity contribution is 6.06. The van der Waals surface area contributed by atoms with E-state index in [4.69, 9.17) is 9.47 Å². The van der Waals surface area contributed by atoms with Gasteiger partial charge in [0.25, 0.3) is 0 Å². The molecule has 0 bridgehead atoms. The molecule has 1 aromatic carbocycles. The minimum Gasteiger partial charge on any atom is -0.490 e. The van der Waals surface area contributed by atoms with Crippen molar-refractivity contribution in [2.45, 2.75) is 92.9 Å². The van der Waals surface area contributed by atoms with Gasteiger partial charge in [-0.05, 0) is 62.0 Å². The molecule has 0 atom stereocenters. The smallest absolute Gasteiger partial charge is 0.164 e. The molecule has 0 unspecified atom stereocenters. The quantitative estimate of drug-likeness (QED) is 0.320. The van der Waals surface area contributed by atoms with Crippen molar-refractivity contribution >= 4 is 11.6 Å². The molecule has 0 fully saturated rings. The molecule has 0 aromatic heterocycles. The maximum absolute atomic E-state index is 14.0. The fraction of sp³-hybridized carbons (Fsp3) is 0.576. The van der Waals surface area contributed by atoms with E-state index < -0.39 is 5.92 Å². The minimum atomic E-state index is -0.390. The Bertz CT molecular complexity index is 1150. The summed E-state index contributed by atoms with van der Waals surface area (Å²) in [4.78, 5) is 30.3. The van der Waals surface area contributed by atoms with Crippen LogP contribution in [0.15, 0.2) is 47.3 Å². The second kappa shape index (κ2) is 10.7. The van der Waals surface area contributed by atoms with Gasteiger partial charge in [-0.15, -0.1) is 6.58 Å². The zero-order valence-electron chi connectivity index (χ0n) is 24.5. The Labute approximate surface area is 229 Å². The van der Waals surface area contributed by atoms with E-state index in [0.29, 0.717) is 38.2 Å². The first kappa shape index (κ1) is 28.2. The van der Waals surface area contributed by atoms with E-state index >= 15 is 0 Å². The first-order valence-corrected chi connectivity index (χ1v) is 14.3. The molecule has 3 aliphatic rings. The second-order valence-electron chi connectivity index (χ2n) is 12.6. The molecule has 4 rings (SSSR count). The molecular formula is C33H45NO4. The van der Waals surface area contributed by atoms with E-state index in [1.807, 2.05) is 26.0 Å². The highest BCUT2D eigenvalue weighted by Crippen LogP contribution is 2.55. The Kier molecular flexibility index (Phi) is 7.97. The average Bonchev–Trinajstić information content (AvgIpc) is 2.80. The Morgan fingerprint density at radius 3 is 1.92 bits per heavy atom. The third-order valence-corrected chi connectivity index (χ3v) is 7.91. The van der Waals surface area contributed by atoms with Crippen molar-refractivity contribution in [3.05, 3.63) is 58.5 Å². The monoisotopic (exact) mass is 519 g/mol. The molecule has 1 aliphatic heterocycles. The molecule has 1 aromatic rings. The topological polar surface area (TPSA) is 55.8 Å². The van der Waals surface area contributed by atoms with Crippen molar-refractivity contribution in [2.75, 3.05) is 19.8 Å². The third kappa shape index (κ3) is 5.21. The number of carbonyl (C=O) groups is 2. The molecule has 5 nitrogen and oxygen atoms in total. The largest absolute Gasteiger partial charge is 0.490 e. The summed E-state index contributed by atoms with van der Waals surface area (Å²) in [6.45, 7) is 20.6. The first-order valence-electron chi connectivity index (χ1n) is 14.3. The fourth-order valence-corrected chi connectivity index (χ4v) is 6.60. The molecule has 38 heavy (non-hydrogen) atoms. The Morgan fingerprint density at radius 2 is 1.45 bits per heavy atom. The van der Waals surface area contributed by atoms with E-state index in [0.717, 1.165) is 65.2 Å². The van der Waals surface area contributed by atoms with Gasteiger partial charge >= 0.3 is 0 Å². The predicted molar refractivity (Wildman–Crippen MR) is 153 cm³/mol. The summed E-state index contributed by atoms with van der Waals surface area (Å²) < 4.78 is 12.1. The van der Waals surface area contributed by atoms with E-state index in [2.05, 4.69) is 52.2 Å². The van der Waals surface area contributed by atoms with Crippen molar-refractivity contribution in [3.8, 4) is 11.5 Å². The lowest BCUT2D eigenvalue weighted by molar-refractivity contribution is -0.119. The molecule has 0 amide bonds. The van der Waals surface area contributed by atoms with Crippen LogP contribution in [0, 0.1) is 10.8 Å². The van der Waals surface area contributed by atoms with Crippen LogP contribution in [0.2, 0.25) is 0 Å². The zero-order chi connectivity index (χ0) is 27.8. The summed E-state index contributed by atoms with van der Waals surface area (Å²) in [5.74, 6) is 1.30. The van der Waals surface area contributed by atoms with Crippen LogP contribution in [-0.4, -0.2) is 36.2 Å². The normalized spacial score (nSPS) is 20.9. The third-order valence-electron chi connectivity index (χ3n) is 7.91. The number of rotatable bonds is 9. The molecular weight excluding hydrogens is 474 g/mol. The SMILES string of the molecule is C=CCc1cc(C2C3=C(CC(C)(C)CC3=O)N(CCC)C3=C2C(=O)CC(C)(C)C3)cc(OCC)c1OCC. The van der Waals surface area contributed by atoms with Gasteiger partial charge in [0, 0.05) is 53.4 Å². The lowest BCUT2D eigenvalue weighted by atomic mass is 9.63. The number of allylic oxidation sites excluding steroid dienone is 5. The van der Waals surface area contributed by atoms with Crippen LogP contribution in [0.4, 0.5) is 0 Å². The molecule has 5 heteroatoms. The highest BCUT2D eigenvalue weighted by Gasteiger charge is 2.49. The van der Waals surface area contributed by atoms with Gasteiger partial charge in [0.05, 0.1) is 13.2 Å². The number of hydrogen-bond donors (Lipinski definition) is 0. The number of carbonyl (C=O) groups excluding carboxylic acids is 2. The number of hydrogen-bond acceptors (Lipinski definition) is 5. The molecule has 0 saturated heterocycles. The predicted octanol–water partition coefficient (Wildman–Crippen LogP) is 7.31. The van der Waals surface area contributed by atoms with Gasteiger partial charge in [-0.25, -0.2) is 0 Å². The van der Waals surface area contributed by atoms with Crippen LogP contribution in [0.3, 0.4) is 0 Å². The van der Waals surface area contributed by atoms with Crippen LogP contribution < -0.4 is 9.47 Å². The molecule has 2 aliphatic carbocycles. The maximum atomic E-state index is 14.0. The Balaban J connectivity index is 2.04. The van der Waals surface area contributed by atoms with E-state index in [1.54, 1.807) is 0 Å². The lowest BCUT2D eigenvalue weighted by Gasteiger charge is -2.49. The molecule has 206 valence electrons. The number of ether oxygens (including phenoxy) is 2. The highest BCUT2D eigenvalue weighted by atomic mass is 16.5. The molecule has 0 N–H and O–H groups in total. The van der Waals surface area contributed by atoms with E-state index in [9.17, 15) is 9.59 Å². The second-order valence-corrected chi connectivity index (χ2v) is 12.6. The molecule has 0 saturated carbocycles. The van der Waals surface area contributed by atoms with Gasteiger partial charge in [-0.1, -0.05) is 46.8 Å². The van der Waals surface area contributed by atoms with Crippen molar-refractivity contribution < 1.29 is 19.1 Å². The van der Waals surface area contributed by atoms with Gasteiger partial charge in [0.2, 0.25) is 0 Å². The zero-order valence-corrected chi connectivity index (χ0v) is 24.5. The van der Waals surface area contributed by atoms with E-state index in [-0.39, 0.29) is 22.4 Å². The van der Waals surface area contributed by atoms with Gasteiger partial charge in [0.15, 0.2) is 23.1 Å². The fourth-order valence-electron chi connectivity index (χ4n) is 6.60. The summed E-state index contributed by atoms with van der Waals surface area (Å²) >= 11 is 0. The first-order chi connectivity index (χ1) is 18.0. The minimum absolute atomic E-state index is 0.123. The van der Waals surface area contributed by atoms with Gasteiger partial charge in [-0.3, -0.25) is 9.59 Å². The number of benzene rings is 1. The van der Waals surface area contributed by atoms with Gasteiger partial charge in [0.1, 0.15) is 0 Å². The van der Waals surface area contributed by atoms with Crippen molar-refractivity contribution in [1.29, 1.82) is 0 Å². The van der Waals surface area contributed by atoms with Crippen LogP contribution in [0.25, 0.3) is 0 Å². The van der Waals surface area contributed by atoms with Crippen LogP contribution in [-0.2, 0) is 16.0 Å². The Hall–Kier alpha value is -2.82. The number of nitrogens with zero attached hydrogens (tertiary/aromatic N) is 1. The number of ketones is 2. The van der Waals surface area contributed by atoms with Crippen molar-refractivity contribution in [1.82, 2.24) is 4.90 Å². The van der Waals surface area contributed by atoms with Gasteiger partial charge < -0.3 is 14.4 Å².